The molecule has 2 N–H and O–H groups in total. The number of halogens is 1. The number of nitrogens with one attached hydrogen (secondary N) is 1. The number of aromatic hydroxyl groups is 1. The van der Waals surface area contributed by atoms with Gasteiger partial charge in [0.2, 0.25) is 10.0 Å². The molecule has 1 aromatic rings. The standard InChI is InChI=1S/C15H22FNO3S/c1-11(2)21(19,20)17-14-5-3-4-10-15(14,16)12-6-8-13(18)9-7-12/h6-9,11,14,17-18H,3-5,10H2,1-2H3/t14-,15-/m0/s1. The molecule has 6 heteroatoms. The van der Waals surface area contributed by atoms with Crippen LogP contribution >= 0.6 is 0 Å². The molecule has 2 atom stereocenters. The molecular weight excluding hydrogens is 293 g/mol. The summed E-state index contributed by atoms with van der Waals surface area (Å²) in [4.78, 5) is 0. The van der Waals surface area contributed by atoms with Gasteiger partial charge in [0.25, 0.3) is 0 Å². The summed E-state index contributed by atoms with van der Waals surface area (Å²) in [5.41, 5.74) is -1.31. The predicted octanol–water partition coefficient (Wildman–Crippen LogP) is 2.83. The molecule has 1 aliphatic carbocycles. The van der Waals surface area contributed by atoms with E-state index in [-0.39, 0.29) is 12.2 Å². The minimum absolute atomic E-state index is 0.0671. The molecule has 1 fully saturated rings. The van der Waals surface area contributed by atoms with Crippen LogP contribution in [0.4, 0.5) is 4.39 Å². The molecule has 0 radical (unpaired) electrons. The maximum Gasteiger partial charge on any atom is 0.214 e. The van der Waals surface area contributed by atoms with Crippen molar-refractivity contribution in [3.05, 3.63) is 29.8 Å². The summed E-state index contributed by atoms with van der Waals surface area (Å²) in [5, 5.41) is 8.74. The highest BCUT2D eigenvalue weighted by Crippen LogP contribution is 2.41. The zero-order chi connectivity index (χ0) is 15.7. The summed E-state index contributed by atoms with van der Waals surface area (Å²) in [5.74, 6) is 0.0671. The van der Waals surface area contributed by atoms with Gasteiger partial charge in [-0.3, -0.25) is 0 Å². The number of sulfonamides is 1. The second-order valence-electron chi connectivity index (χ2n) is 5.92. The van der Waals surface area contributed by atoms with Gasteiger partial charge in [-0.1, -0.05) is 18.6 Å². The largest absolute Gasteiger partial charge is 0.508 e. The van der Waals surface area contributed by atoms with Crippen molar-refractivity contribution in [2.75, 3.05) is 0 Å². The molecule has 0 spiro atoms. The van der Waals surface area contributed by atoms with Crippen molar-refractivity contribution in [3.63, 3.8) is 0 Å². The fourth-order valence-corrected chi connectivity index (χ4v) is 3.68. The monoisotopic (exact) mass is 315 g/mol. The Morgan fingerprint density at radius 3 is 2.48 bits per heavy atom. The first-order chi connectivity index (χ1) is 9.75. The van der Waals surface area contributed by atoms with E-state index in [1.165, 1.54) is 24.3 Å². The van der Waals surface area contributed by atoms with Crippen molar-refractivity contribution in [2.24, 2.45) is 0 Å². The van der Waals surface area contributed by atoms with Crippen LogP contribution < -0.4 is 4.72 Å². The zero-order valence-electron chi connectivity index (χ0n) is 12.3. The van der Waals surface area contributed by atoms with E-state index < -0.39 is 27.0 Å². The summed E-state index contributed by atoms with van der Waals surface area (Å²) in [6, 6.07) is 5.15. The fourth-order valence-electron chi connectivity index (χ4n) is 2.70. The van der Waals surface area contributed by atoms with Gasteiger partial charge in [-0.15, -0.1) is 0 Å². The van der Waals surface area contributed by atoms with Gasteiger partial charge in [0.15, 0.2) is 5.67 Å². The first-order valence-corrected chi connectivity index (χ1v) is 8.80. The third-order valence-corrected chi connectivity index (χ3v) is 5.96. The second kappa shape index (κ2) is 5.93. The molecule has 1 aliphatic rings. The molecule has 0 aliphatic heterocycles. The van der Waals surface area contributed by atoms with Crippen LogP contribution in [0.5, 0.6) is 5.75 Å². The summed E-state index contributed by atoms with van der Waals surface area (Å²) >= 11 is 0. The van der Waals surface area contributed by atoms with Crippen LogP contribution in [0.1, 0.15) is 45.1 Å². The van der Waals surface area contributed by atoms with Crippen LogP contribution in [0.2, 0.25) is 0 Å². The second-order valence-corrected chi connectivity index (χ2v) is 8.19. The molecule has 4 nitrogen and oxygen atoms in total. The Labute approximate surface area is 125 Å². The number of alkyl halides is 1. The SMILES string of the molecule is CC(C)S(=O)(=O)N[C@H]1CCCC[C@]1(F)c1ccc(O)cc1. The molecule has 0 unspecified atom stereocenters. The highest BCUT2D eigenvalue weighted by molar-refractivity contribution is 7.90. The molecule has 118 valence electrons. The van der Waals surface area contributed by atoms with Crippen molar-refractivity contribution in [2.45, 2.75) is 56.5 Å². The number of phenols is 1. The van der Waals surface area contributed by atoms with E-state index in [9.17, 15) is 13.5 Å². The van der Waals surface area contributed by atoms with Crippen molar-refractivity contribution in [1.29, 1.82) is 0 Å². The smallest absolute Gasteiger partial charge is 0.214 e. The zero-order valence-corrected chi connectivity index (χ0v) is 13.2. The van der Waals surface area contributed by atoms with Gasteiger partial charge in [0.05, 0.1) is 11.3 Å². The summed E-state index contributed by atoms with van der Waals surface area (Å²) in [6.07, 6.45) is 2.28. The van der Waals surface area contributed by atoms with Gasteiger partial charge in [-0.2, -0.15) is 0 Å². The van der Waals surface area contributed by atoms with Gasteiger partial charge in [0.1, 0.15) is 5.75 Å². The van der Waals surface area contributed by atoms with Gasteiger partial charge in [-0.25, -0.2) is 17.5 Å². The predicted molar refractivity (Wildman–Crippen MR) is 80.3 cm³/mol. The molecule has 1 aromatic carbocycles. The Morgan fingerprint density at radius 2 is 1.90 bits per heavy atom. The lowest BCUT2D eigenvalue weighted by Crippen LogP contribution is -2.51. The minimum atomic E-state index is -3.52. The van der Waals surface area contributed by atoms with Crippen LogP contribution in [-0.4, -0.2) is 24.8 Å². The Morgan fingerprint density at radius 1 is 1.29 bits per heavy atom. The van der Waals surface area contributed by atoms with Crippen molar-refractivity contribution < 1.29 is 17.9 Å². The van der Waals surface area contributed by atoms with Gasteiger partial charge in [0, 0.05) is 0 Å². The normalized spacial score (nSPS) is 27.0. The van der Waals surface area contributed by atoms with Crippen LogP contribution in [0.25, 0.3) is 0 Å². The van der Waals surface area contributed by atoms with Gasteiger partial charge < -0.3 is 5.11 Å². The maximum atomic E-state index is 15.5. The van der Waals surface area contributed by atoms with Crippen LogP contribution in [0.3, 0.4) is 0 Å². The lowest BCUT2D eigenvalue weighted by molar-refractivity contribution is 0.0712. The minimum Gasteiger partial charge on any atom is -0.508 e. The molecule has 1 saturated carbocycles. The van der Waals surface area contributed by atoms with Crippen LogP contribution in [0, 0.1) is 0 Å². The third kappa shape index (κ3) is 3.37. The van der Waals surface area contributed by atoms with Crippen molar-refractivity contribution >= 4 is 10.0 Å². The first kappa shape index (κ1) is 16.2. The highest BCUT2D eigenvalue weighted by atomic mass is 32.2. The average molecular weight is 315 g/mol. The Hall–Kier alpha value is -1.14. The number of rotatable bonds is 4. The van der Waals surface area contributed by atoms with E-state index >= 15 is 4.39 Å². The van der Waals surface area contributed by atoms with Crippen molar-refractivity contribution in [3.8, 4) is 5.75 Å². The van der Waals surface area contributed by atoms with E-state index in [1.54, 1.807) is 13.8 Å². The van der Waals surface area contributed by atoms with E-state index in [2.05, 4.69) is 4.72 Å². The quantitative estimate of drug-likeness (QED) is 0.898. The third-order valence-electron chi connectivity index (χ3n) is 4.11. The van der Waals surface area contributed by atoms with Crippen molar-refractivity contribution in [1.82, 2.24) is 4.72 Å². The summed E-state index contributed by atoms with van der Waals surface area (Å²) < 4.78 is 42.1. The Bertz CT molecular complexity index is 585. The average Bonchev–Trinajstić information content (AvgIpc) is 2.42. The highest BCUT2D eigenvalue weighted by Gasteiger charge is 2.44. The summed E-state index contributed by atoms with van der Waals surface area (Å²) in [6.45, 7) is 3.15. The van der Waals surface area contributed by atoms with Gasteiger partial charge >= 0.3 is 0 Å². The number of hydrogen-bond donors (Lipinski definition) is 2. The first-order valence-electron chi connectivity index (χ1n) is 7.25. The molecule has 0 saturated heterocycles. The van der Waals surface area contributed by atoms with Gasteiger partial charge in [-0.05, 0) is 50.8 Å². The van der Waals surface area contributed by atoms with Crippen LogP contribution in [0.15, 0.2) is 24.3 Å². The lowest BCUT2D eigenvalue weighted by atomic mass is 9.77. The maximum absolute atomic E-state index is 15.5. The molecule has 0 aromatic heterocycles. The van der Waals surface area contributed by atoms with E-state index in [0.717, 1.165) is 12.8 Å². The number of benzene rings is 1. The molecule has 0 heterocycles. The van der Waals surface area contributed by atoms with E-state index in [0.29, 0.717) is 12.0 Å². The Balaban J connectivity index is 2.32. The lowest BCUT2D eigenvalue weighted by Gasteiger charge is -2.38. The molecular formula is C15H22FNO3S. The Kier molecular flexibility index (Phi) is 4.58. The summed E-state index contributed by atoms with van der Waals surface area (Å²) in [7, 11) is -3.52. The molecule has 0 bridgehead atoms. The fraction of sp³-hybridized carbons (Fsp3) is 0.600. The number of phenolic OH excluding ortho intramolecular Hbond substituents is 1. The van der Waals surface area contributed by atoms with Crippen LogP contribution in [-0.2, 0) is 15.7 Å². The van der Waals surface area contributed by atoms with E-state index in [1.807, 2.05) is 0 Å². The molecule has 2 rings (SSSR count). The molecule has 21 heavy (non-hydrogen) atoms. The number of hydrogen-bond acceptors (Lipinski definition) is 3. The topological polar surface area (TPSA) is 66.4 Å². The molecule has 0 amide bonds. The van der Waals surface area contributed by atoms with E-state index in [4.69, 9.17) is 0 Å².